The topological polar surface area (TPSA) is 180 Å². The largest absolute Gasteiger partial charge is 0.459 e. The van der Waals surface area contributed by atoms with Crippen LogP contribution in [0.25, 0.3) is 38.6 Å². The number of esters is 1. The number of fused-ring (bicyclic) bond motifs is 5. The fourth-order valence-corrected chi connectivity index (χ4v) is 8.58. The smallest absolute Gasteiger partial charge is 0.414 e. The summed E-state index contributed by atoms with van der Waals surface area (Å²) < 4.78 is 55.2. The zero-order valence-corrected chi connectivity index (χ0v) is 37.9. The van der Waals surface area contributed by atoms with Gasteiger partial charge >= 0.3 is 18.2 Å². The Hall–Kier alpha value is -5.85. The van der Waals surface area contributed by atoms with Crippen LogP contribution in [0.1, 0.15) is 72.2 Å². The number of hydrogen-bond acceptors (Lipinski definition) is 12. The third-order valence-electron chi connectivity index (χ3n) is 11.5. The SMILES string of the molecule is CC(C)[C@H](NC(=O)OC(C)(C)C)C(O)OCCOC(=O)c1ccc2ccc(-c3cnc4[nH]c5c(N(C)C(=O)OC(C)(C)C)cc(F)c(F)c5c4c3N3CC[C@H]4CN(C)C[C@H]43)cn2c1=O. The summed E-state index contributed by atoms with van der Waals surface area (Å²) in [6, 6.07) is 6.64. The Bertz CT molecular complexity index is 2670. The zero-order valence-electron chi connectivity index (χ0n) is 37.9. The highest BCUT2D eigenvalue weighted by molar-refractivity contribution is 6.19. The van der Waals surface area contributed by atoms with Crippen molar-refractivity contribution in [1.29, 1.82) is 0 Å². The maximum absolute atomic E-state index is 16.4. The van der Waals surface area contributed by atoms with E-state index in [0.29, 0.717) is 40.2 Å². The standard InChI is InChI=1S/C46H57F2N7O9/c1-24(2)36(51-43(59)63-45(3,4)5)42(58)62-18-17-61-41(57)28-14-13-27-12-11-25(22-55(27)40(28)56)29-20-49-39-34(38(29)54-16-15-26-21-52(9)23-32(26)54)33-35(48)30(47)19-31(37(33)50-39)53(10)44(60)64-46(6,7)8/h11-14,19-20,22,24,26,32,36,42,58H,15-18,21,23H2,1-10H3,(H,49,50)(H,51,59)/t26-,32+,36-,42?/m0/s1. The Labute approximate surface area is 369 Å². The Morgan fingerprint density at radius 3 is 2.41 bits per heavy atom. The molecule has 4 aromatic heterocycles. The number of pyridine rings is 3. The van der Waals surface area contributed by atoms with Gasteiger partial charge in [-0.15, -0.1) is 0 Å². The maximum Gasteiger partial charge on any atom is 0.414 e. The molecule has 4 atom stereocenters. The van der Waals surface area contributed by atoms with Crippen LogP contribution in [0.5, 0.6) is 0 Å². The average Bonchev–Trinajstić information content (AvgIpc) is 3.90. The van der Waals surface area contributed by atoms with Gasteiger partial charge in [0.05, 0.1) is 40.3 Å². The predicted molar refractivity (Wildman–Crippen MR) is 238 cm³/mol. The number of nitrogens with one attached hydrogen (secondary N) is 2. The van der Waals surface area contributed by atoms with Crippen LogP contribution in [0.4, 0.5) is 29.7 Å². The van der Waals surface area contributed by atoms with Crippen molar-refractivity contribution >= 4 is 57.0 Å². The minimum absolute atomic E-state index is 0.0342. The summed E-state index contributed by atoms with van der Waals surface area (Å²) in [5.74, 6) is -3.12. The molecule has 2 amide bonds. The van der Waals surface area contributed by atoms with Crippen molar-refractivity contribution in [3.05, 3.63) is 70.3 Å². The van der Waals surface area contributed by atoms with Gasteiger partial charge in [0.25, 0.3) is 5.56 Å². The second-order valence-corrected chi connectivity index (χ2v) is 19.0. The van der Waals surface area contributed by atoms with Crippen LogP contribution in [-0.2, 0) is 18.9 Å². The van der Waals surface area contributed by atoms with E-state index < -0.39 is 58.9 Å². The number of anilines is 2. The third kappa shape index (κ3) is 9.35. The second-order valence-electron chi connectivity index (χ2n) is 19.0. The summed E-state index contributed by atoms with van der Waals surface area (Å²) in [6.45, 7) is 15.5. The number of likely N-dealkylation sites (N-methyl/N-ethyl adjacent to an activating group) is 1. The molecule has 344 valence electrons. The van der Waals surface area contributed by atoms with E-state index in [-0.39, 0.29) is 53.0 Å². The maximum atomic E-state index is 16.4. The lowest BCUT2D eigenvalue weighted by molar-refractivity contribution is -0.133. The number of alkyl carbamates (subject to hydrolysis) is 1. The number of hydrogen-bond donors (Lipinski definition) is 3. The van der Waals surface area contributed by atoms with E-state index in [1.165, 1.54) is 17.5 Å². The summed E-state index contributed by atoms with van der Waals surface area (Å²) in [6.07, 6.45) is 1.13. The molecule has 6 heterocycles. The van der Waals surface area contributed by atoms with Crippen LogP contribution in [0.15, 0.2) is 47.5 Å². The first-order valence-corrected chi connectivity index (χ1v) is 21.4. The number of aliphatic hydroxyl groups excluding tert-OH is 1. The Morgan fingerprint density at radius 2 is 1.72 bits per heavy atom. The van der Waals surface area contributed by atoms with Crippen molar-refractivity contribution in [2.24, 2.45) is 11.8 Å². The number of carbonyl (C=O) groups is 3. The number of benzene rings is 1. The Morgan fingerprint density at radius 1 is 1.02 bits per heavy atom. The summed E-state index contributed by atoms with van der Waals surface area (Å²) >= 11 is 0. The Kier molecular flexibility index (Phi) is 12.7. The summed E-state index contributed by atoms with van der Waals surface area (Å²) in [4.78, 5) is 66.4. The summed E-state index contributed by atoms with van der Waals surface area (Å²) in [5, 5.41) is 13.5. The van der Waals surface area contributed by atoms with Gasteiger partial charge in [-0.3, -0.25) is 14.1 Å². The van der Waals surface area contributed by atoms with Gasteiger partial charge in [-0.1, -0.05) is 19.9 Å². The average molecular weight is 890 g/mol. The van der Waals surface area contributed by atoms with E-state index in [9.17, 15) is 24.3 Å². The zero-order chi connectivity index (χ0) is 46.6. The van der Waals surface area contributed by atoms with Crippen LogP contribution in [0.2, 0.25) is 0 Å². The molecule has 2 aliphatic heterocycles. The van der Waals surface area contributed by atoms with Gasteiger partial charge < -0.3 is 44.2 Å². The molecule has 0 saturated carbocycles. The van der Waals surface area contributed by atoms with Crippen molar-refractivity contribution in [3.63, 3.8) is 0 Å². The number of aromatic nitrogens is 3. The van der Waals surface area contributed by atoms with Gasteiger partial charge in [0.2, 0.25) is 0 Å². The molecule has 7 rings (SSSR count). The van der Waals surface area contributed by atoms with Gasteiger partial charge in [0, 0.05) is 67.8 Å². The minimum atomic E-state index is -1.45. The summed E-state index contributed by atoms with van der Waals surface area (Å²) in [7, 11) is 3.47. The molecule has 2 saturated heterocycles. The van der Waals surface area contributed by atoms with E-state index in [1.807, 2.05) is 7.05 Å². The van der Waals surface area contributed by atoms with Gasteiger partial charge in [0.15, 0.2) is 17.9 Å². The normalized spacial score (nSPS) is 17.9. The molecule has 0 bridgehead atoms. The van der Waals surface area contributed by atoms with Gasteiger partial charge in [-0.25, -0.2) is 28.1 Å². The third-order valence-corrected chi connectivity index (χ3v) is 11.5. The number of likely N-dealkylation sites (tertiary alicyclic amines) is 1. The molecule has 0 spiro atoms. The molecule has 1 unspecified atom stereocenters. The lowest BCUT2D eigenvalue weighted by Gasteiger charge is -2.29. The molecule has 3 N–H and O–H groups in total. The number of aromatic amines is 1. The van der Waals surface area contributed by atoms with Crippen molar-refractivity contribution in [2.45, 2.75) is 91.4 Å². The van der Waals surface area contributed by atoms with Crippen LogP contribution < -0.4 is 20.7 Å². The predicted octanol–water partition coefficient (Wildman–Crippen LogP) is 6.83. The minimum Gasteiger partial charge on any atom is -0.459 e. The molecule has 1 aromatic carbocycles. The first-order chi connectivity index (χ1) is 30.0. The second kappa shape index (κ2) is 17.6. The fraction of sp³-hybridized carbons (Fsp3) is 0.500. The number of amides is 2. The molecule has 2 fully saturated rings. The van der Waals surface area contributed by atoms with Crippen molar-refractivity contribution in [2.75, 3.05) is 56.7 Å². The molecule has 0 radical (unpaired) electrons. The number of aliphatic hydroxyl groups is 1. The van der Waals surface area contributed by atoms with E-state index >= 15 is 8.78 Å². The van der Waals surface area contributed by atoms with Crippen molar-refractivity contribution < 1.29 is 47.2 Å². The molecule has 0 aliphatic carbocycles. The van der Waals surface area contributed by atoms with Gasteiger partial charge in [-0.2, -0.15) is 0 Å². The first kappa shape index (κ1) is 46.2. The highest BCUT2D eigenvalue weighted by Crippen LogP contribution is 2.47. The highest BCUT2D eigenvalue weighted by Gasteiger charge is 2.42. The quantitative estimate of drug-likeness (QED) is 0.0546. The van der Waals surface area contributed by atoms with E-state index in [4.69, 9.17) is 23.9 Å². The number of carbonyl (C=O) groups excluding carboxylic acids is 3. The molecule has 64 heavy (non-hydrogen) atoms. The van der Waals surface area contributed by atoms with Gasteiger partial charge in [-0.05, 0) is 85.0 Å². The fourth-order valence-electron chi connectivity index (χ4n) is 8.58. The molecule has 16 nitrogen and oxygen atoms in total. The van der Waals surface area contributed by atoms with Crippen molar-refractivity contribution in [1.82, 2.24) is 24.6 Å². The number of nitrogens with zero attached hydrogens (tertiary/aromatic N) is 5. The number of halogens is 2. The van der Waals surface area contributed by atoms with Gasteiger partial charge in [0.1, 0.15) is 29.0 Å². The van der Waals surface area contributed by atoms with E-state index in [2.05, 4.69) is 20.1 Å². The molecule has 2 aliphatic rings. The van der Waals surface area contributed by atoms with Crippen LogP contribution in [0.3, 0.4) is 0 Å². The van der Waals surface area contributed by atoms with E-state index in [0.717, 1.165) is 30.5 Å². The number of H-pyrrole nitrogens is 1. The molecular formula is C46H57F2N7O9. The van der Waals surface area contributed by atoms with Crippen molar-refractivity contribution in [3.8, 4) is 11.1 Å². The van der Waals surface area contributed by atoms with Crippen LogP contribution in [-0.4, -0.2) is 119 Å². The molecule has 18 heteroatoms. The Balaban J connectivity index is 1.23. The summed E-state index contributed by atoms with van der Waals surface area (Å²) in [5.41, 5.74) is 0.0567. The monoisotopic (exact) mass is 889 g/mol. The molecular weight excluding hydrogens is 833 g/mol. The number of ether oxygens (including phenoxy) is 4. The highest BCUT2D eigenvalue weighted by atomic mass is 19.2. The lowest BCUT2D eigenvalue weighted by atomic mass is 10.00. The lowest BCUT2D eigenvalue weighted by Crippen LogP contribution is -2.49. The first-order valence-electron chi connectivity index (χ1n) is 21.4. The van der Waals surface area contributed by atoms with Crippen LogP contribution in [0, 0.1) is 23.5 Å². The number of rotatable bonds is 11. The van der Waals surface area contributed by atoms with Crippen LogP contribution >= 0.6 is 0 Å². The molecule has 5 aromatic rings. The van der Waals surface area contributed by atoms with E-state index in [1.54, 1.807) is 86.0 Å².